The molecule has 7 heteroatoms. The lowest BCUT2D eigenvalue weighted by Gasteiger charge is -2.34. The summed E-state index contributed by atoms with van der Waals surface area (Å²) in [6, 6.07) is 5.27. The molecule has 1 aliphatic rings. The summed E-state index contributed by atoms with van der Waals surface area (Å²) in [5.74, 6) is 1.69. The Morgan fingerprint density at radius 1 is 1.27 bits per heavy atom. The van der Waals surface area contributed by atoms with Crippen LogP contribution in [0.2, 0.25) is 5.02 Å². The van der Waals surface area contributed by atoms with Gasteiger partial charge < -0.3 is 14.2 Å². The fourth-order valence-corrected chi connectivity index (χ4v) is 3.24. The van der Waals surface area contributed by atoms with Gasteiger partial charge in [0.05, 0.1) is 18.2 Å². The van der Waals surface area contributed by atoms with Gasteiger partial charge in [0.2, 0.25) is 0 Å². The number of nitrogens with zero attached hydrogens (tertiary/aromatic N) is 4. The third-order valence-electron chi connectivity index (χ3n) is 4.59. The van der Waals surface area contributed by atoms with Crippen molar-refractivity contribution in [2.45, 2.75) is 19.9 Å². The van der Waals surface area contributed by atoms with Gasteiger partial charge in [-0.2, -0.15) is 0 Å². The third-order valence-corrected chi connectivity index (χ3v) is 4.88. The normalized spacial score (nSPS) is 15.3. The van der Waals surface area contributed by atoms with Crippen molar-refractivity contribution in [1.29, 1.82) is 0 Å². The van der Waals surface area contributed by atoms with E-state index in [0.29, 0.717) is 36.0 Å². The molecule has 140 valence electrons. The molecule has 0 atom stereocenters. The molecule has 0 aliphatic carbocycles. The predicted octanol–water partition coefficient (Wildman–Crippen LogP) is 2.82. The van der Waals surface area contributed by atoms with Gasteiger partial charge in [-0.05, 0) is 24.6 Å². The largest absolute Gasteiger partial charge is 0.492 e. The van der Waals surface area contributed by atoms with E-state index >= 15 is 0 Å². The number of aromatic nitrogens is 2. The summed E-state index contributed by atoms with van der Waals surface area (Å²) in [6.07, 6.45) is 4.68. The van der Waals surface area contributed by atoms with Crippen molar-refractivity contribution >= 4 is 17.5 Å². The minimum Gasteiger partial charge on any atom is -0.492 e. The van der Waals surface area contributed by atoms with Crippen molar-refractivity contribution < 1.29 is 9.53 Å². The van der Waals surface area contributed by atoms with E-state index in [-0.39, 0.29) is 5.91 Å². The van der Waals surface area contributed by atoms with Crippen LogP contribution in [-0.4, -0.2) is 58.0 Å². The predicted molar refractivity (Wildman–Crippen MR) is 102 cm³/mol. The molecule has 1 amide bonds. The van der Waals surface area contributed by atoms with Crippen molar-refractivity contribution in [3.8, 4) is 5.75 Å². The van der Waals surface area contributed by atoms with Gasteiger partial charge in [0.1, 0.15) is 11.6 Å². The number of hydrogen-bond acceptors (Lipinski definition) is 4. The van der Waals surface area contributed by atoms with Crippen LogP contribution in [0.25, 0.3) is 0 Å². The van der Waals surface area contributed by atoms with Crippen LogP contribution in [0.1, 0.15) is 29.5 Å². The molecule has 0 N–H and O–H groups in total. The number of ether oxygens (including phenoxy) is 1. The van der Waals surface area contributed by atoms with E-state index in [4.69, 9.17) is 16.3 Å². The van der Waals surface area contributed by atoms with E-state index < -0.39 is 0 Å². The zero-order valence-electron chi connectivity index (χ0n) is 15.3. The van der Waals surface area contributed by atoms with Gasteiger partial charge in [-0.15, -0.1) is 0 Å². The lowest BCUT2D eigenvalue weighted by Crippen LogP contribution is -2.48. The Hall–Kier alpha value is -2.05. The lowest BCUT2D eigenvalue weighted by molar-refractivity contribution is 0.0624. The van der Waals surface area contributed by atoms with Gasteiger partial charge in [0.25, 0.3) is 5.91 Å². The van der Waals surface area contributed by atoms with Crippen LogP contribution < -0.4 is 4.74 Å². The first-order chi connectivity index (χ1) is 12.6. The molecule has 2 aromatic rings. The minimum atomic E-state index is 0.0191. The number of imidazole rings is 1. The highest BCUT2D eigenvalue weighted by molar-refractivity contribution is 6.32. The van der Waals surface area contributed by atoms with Crippen molar-refractivity contribution in [3.05, 3.63) is 47.0 Å². The Bertz CT molecular complexity index is 754. The molecular formula is C19H25ClN4O2. The van der Waals surface area contributed by atoms with Crippen LogP contribution in [-0.2, 0) is 13.6 Å². The highest BCUT2D eigenvalue weighted by Gasteiger charge is 2.23. The van der Waals surface area contributed by atoms with Crippen LogP contribution >= 0.6 is 11.6 Å². The first kappa shape index (κ1) is 18.7. The standard InChI is InChI=1S/C19H25ClN4O2/c1-3-12-26-17-5-4-15(13-16(17)20)19(25)24-10-8-23(9-11-24)14-18-21-6-7-22(18)2/h4-7,13H,3,8-12,14H2,1-2H3. The molecule has 0 radical (unpaired) electrons. The Kier molecular flexibility index (Phi) is 6.16. The number of carbonyl (C=O) groups is 1. The van der Waals surface area contributed by atoms with Gasteiger partial charge in [-0.25, -0.2) is 4.98 Å². The Balaban J connectivity index is 1.56. The fraction of sp³-hybridized carbons (Fsp3) is 0.474. The second-order valence-electron chi connectivity index (χ2n) is 6.52. The summed E-state index contributed by atoms with van der Waals surface area (Å²) in [7, 11) is 2.00. The maximum absolute atomic E-state index is 12.7. The smallest absolute Gasteiger partial charge is 0.253 e. The highest BCUT2D eigenvalue weighted by atomic mass is 35.5. The van der Waals surface area contributed by atoms with Gasteiger partial charge >= 0.3 is 0 Å². The van der Waals surface area contributed by atoms with Gasteiger partial charge in [0, 0.05) is 51.2 Å². The second kappa shape index (κ2) is 8.56. The first-order valence-electron chi connectivity index (χ1n) is 8.98. The molecule has 1 aromatic carbocycles. The number of benzene rings is 1. The monoisotopic (exact) mass is 376 g/mol. The summed E-state index contributed by atoms with van der Waals surface area (Å²) < 4.78 is 7.60. The van der Waals surface area contributed by atoms with Gasteiger partial charge in [-0.1, -0.05) is 18.5 Å². The number of amides is 1. The molecule has 0 saturated carbocycles. The zero-order chi connectivity index (χ0) is 18.5. The first-order valence-corrected chi connectivity index (χ1v) is 9.36. The van der Waals surface area contributed by atoms with Crippen LogP contribution in [0.3, 0.4) is 0 Å². The molecular weight excluding hydrogens is 352 g/mol. The molecule has 1 aliphatic heterocycles. The van der Waals surface area contributed by atoms with Crippen molar-refractivity contribution in [3.63, 3.8) is 0 Å². The Morgan fingerprint density at radius 3 is 2.65 bits per heavy atom. The number of carbonyl (C=O) groups excluding carboxylic acids is 1. The maximum atomic E-state index is 12.7. The summed E-state index contributed by atoms with van der Waals surface area (Å²) in [5.41, 5.74) is 0.608. The van der Waals surface area contributed by atoms with Gasteiger partial charge in [-0.3, -0.25) is 9.69 Å². The molecule has 6 nitrogen and oxygen atoms in total. The quantitative estimate of drug-likeness (QED) is 0.777. The van der Waals surface area contributed by atoms with Gasteiger partial charge in [0.15, 0.2) is 0 Å². The number of piperazine rings is 1. The van der Waals surface area contributed by atoms with Crippen LogP contribution in [0, 0.1) is 0 Å². The molecule has 1 aromatic heterocycles. The molecule has 0 bridgehead atoms. The second-order valence-corrected chi connectivity index (χ2v) is 6.92. The summed E-state index contributed by atoms with van der Waals surface area (Å²) in [4.78, 5) is 21.3. The number of aryl methyl sites for hydroxylation is 1. The molecule has 26 heavy (non-hydrogen) atoms. The van der Waals surface area contributed by atoms with E-state index in [1.54, 1.807) is 18.2 Å². The molecule has 1 saturated heterocycles. The molecule has 2 heterocycles. The summed E-state index contributed by atoms with van der Waals surface area (Å²) in [5, 5.41) is 0.484. The highest BCUT2D eigenvalue weighted by Crippen LogP contribution is 2.26. The topological polar surface area (TPSA) is 50.6 Å². The lowest BCUT2D eigenvalue weighted by atomic mass is 10.1. The SMILES string of the molecule is CCCOc1ccc(C(=O)N2CCN(Cc3nccn3C)CC2)cc1Cl. The van der Waals surface area contributed by atoms with Crippen LogP contribution in [0.15, 0.2) is 30.6 Å². The molecule has 3 rings (SSSR count). The van der Waals surface area contributed by atoms with E-state index in [1.807, 2.05) is 35.8 Å². The van der Waals surface area contributed by atoms with E-state index in [1.165, 1.54) is 0 Å². The van der Waals surface area contributed by atoms with E-state index in [2.05, 4.69) is 9.88 Å². The average molecular weight is 377 g/mol. The van der Waals surface area contributed by atoms with Crippen molar-refractivity contribution in [2.24, 2.45) is 7.05 Å². The third kappa shape index (κ3) is 4.37. The van der Waals surface area contributed by atoms with E-state index in [9.17, 15) is 4.79 Å². The minimum absolute atomic E-state index is 0.0191. The van der Waals surface area contributed by atoms with Crippen LogP contribution in [0.4, 0.5) is 0 Å². The fourth-order valence-electron chi connectivity index (χ4n) is 3.00. The summed E-state index contributed by atoms with van der Waals surface area (Å²) >= 11 is 6.25. The van der Waals surface area contributed by atoms with Crippen LogP contribution in [0.5, 0.6) is 5.75 Å². The zero-order valence-corrected chi connectivity index (χ0v) is 16.1. The maximum Gasteiger partial charge on any atom is 0.253 e. The summed E-state index contributed by atoms with van der Waals surface area (Å²) in [6.45, 7) is 6.54. The van der Waals surface area contributed by atoms with E-state index in [0.717, 1.165) is 31.9 Å². The number of hydrogen-bond donors (Lipinski definition) is 0. The average Bonchev–Trinajstić information content (AvgIpc) is 3.05. The van der Waals surface area contributed by atoms with Crippen molar-refractivity contribution in [1.82, 2.24) is 19.4 Å². The number of halogens is 1. The number of rotatable bonds is 6. The molecule has 0 spiro atoms. The Labute approximate surface area is 159 Å². The molecule has 0 unspecified atom stereocenters. The Morgan fingerprint density at radius 2 is 2.04 bits per heavy atom. The molecule has 1 fully saturated rings. The van der Waals surface area contributed by atoms with Crippen molar-refractivity contribution in [2.75, 3.05) is 32.8 Å².